The van der Waals surface area contributed by atoms with E-state index in [0.29, 0.717) is 12.1 Å². The smallest absolute Gasteiger partial charge is 0.471 e. The van der Waals surface area contributed by atoms with Crippen LogP contribution in [0.5, 0.6) is 0 Å². The molecule has 22 heavy (non-hydrogen) atoms. The second-order valence-corrected chi connectivity index (χ2v) is 3.66. The van der Waals surface area contributed by atoms with Gasteiger partial charge in [0.05, 0.1) is 15.4 Å². The van der Waals surface area contributed by atoms with Gasteiger partial charge in [-0.2, -0.15) is 13.2 Å². The molecule has 13 heteroatoms. The first-order valence-corrected chi connectivity index (χ1v) is 5.03. The summed E-state index contributed by atoms with van der Waals surface area (Å²) in [6.45, 7) is 0. The van der Waals surface area contributed by atoms with Crippen LogP contribution in [-0.4, -0.2) is 33.0 Å². The van der Waals surface area contributed by atoms with E-state index in [1.807, 2.05) is 0 Å². The standard InChI is InChI=1S/C9H4F3N3O7/c10-9(11,12)8(18)13-6-4(14(19)20)1-3(7(16)17)2-5(6)15(21)22/h1-2H,(H,13,18)(H,16,17). The van der Waals surface area contributed by atoms with Crippen LogP contribution < -0.4 is 5.32 Å². The number of hydrogen-bond donors (Lipinski definition) is 2. The van der Waals surface area contributed by atoms with Gasteiger partial charge in [0.1, 0.15) is 0 Å². The van der Waals surface area contributed by atoms with E-state index in [1.54, 1.807) is 0 Å². The molecular formula is C9H4F3N3O7. The summed E-state index contributed by atoms with van der Waals surface area (Å²) in [6, 6.07) is 0.586. The minimum absolute atomic E-state index is 0.293. The van der Waals surface area contributed by atoms with Crippen LogP contribution in [0.4, 0.5) is 30.2 Å². The number of amides is 1. The van der Waals surface area contributed by atoms with Crippen molar-refractivity contribution in [1.29, 1.82) is 0 Å². The van der Waals surface area contributed by atoms with Gasteiger partial charge in [-0.3, -0.25) is 25.0 Å². The first kappa shape index (κ1) is 16.8. The fourth-order valence-corrected chi connectivity index (χ4v) is 1.34. The summed E-state index contributed by atoms with van der Waals surface area (Å²) < 4.78 is 36.5. The van der Waals surface area contributed by atoms with Crippen LogP contribution in [0.15, 0.2) is 12.1 Å². The maximum absolute atomic E-state index is 12.2. The van der Waals surface area contributed by atoms with Crippen LogP contribution in [0.2, 0.25) is 0 Å². The Bertz CT molecular complexity index is 651. The van der Waals surface area contributed by atoms with Gasteiger partial charge in [0.25, 0.3) is 0 Å². The number of aromatic carboxylic acids is 1. The van der Waals surface area contributed by atoms with Crippen LogP contribution in [0.1, 0.15) is 10.4 Å². The number of alkyl halides is 3. The van der Waals surface area contributed by atoms with E-state index >= 15 is 0 Å². The molecule has 1 rings (SSSR count). The maximum atomic E-state index is 12.2. The van der Waals surface area contributed by atoms with Gasteiger partial charge < -0.3 is 10.4 Å². The monoisotopic (exact) mass is 323 g/mol. The van der Waals surface area contributed by atoms with Gasteiger partial charge in [0.2, 0.25) is 0 Å². The zero-order valence-corrected chi connectivity index (χ0v) is 10.1. The van der Waals surface area contributed by atoms with E-state index in [1.165, 1.54) is 0 Å². The Morgan fingerprint density at radius 1 is 1.09 bits per heavy atom. The summed E-state index contributed by atoms with van der Waals surface area (Å²) in [5.41, 5.74) is -4.97. The molecule has 1 amide bonds. The summed E-state index contributed by atoms with van der Waals surface area (Å²) in [5, 5.41) is 31.2. The van der Waals surface area contributed by atoms with Gasteiger partial charge in [-0.25, -0.2) is 4.79 Å². The van der Waals surface area contributed by atoms with Crippen LogP contribution in [0.25, 0.3) is 0 Å². The maximum Gasteiger partial charge on any atom is 0.471 e. The molecule has 0 aliphatic rings. The van der Waals surface area contributed by atoms with Gasteiger partial charge in [-0.15, -0.1) is 0 Å². The zero-order chi connectivity index (χ0) is 17.2. The van der Waals surface area contributed by atoms with Gasteiger partial charge in [-0.05, 0) is 0 Å². The first-order valence-electron chi connectivity index (χ1n) is 5.03. The Morgan fingerprint density at radius 3 is 1.77 bits per heavy atom. The number of nitro benzene ring substituents is 2. The molecular weight excluding hydrogens is 319 g/mol. The van der Waals surface area contributed by atoms with Gasteiger partial charge >= 0.3 is 29.4 Å². The molecule has 0 saturated carbocycles. The Morgan fingerprint density at radius 2 is 1.50 bits per heavy atom. The Kier molecular flexibility index (Phi) is 4.30. The highest BCUT2D eigenvalue weighted by Crippen LogP contribution is 2.36. The molecule has 118 valence electrons. The number of nitrogens with zero attached hydrogens (tertiary/aromatic N) is 2. The second kappa shape index (κ2) is 5.63. The summed E-state index contributed by atoms with van der Waals surface area (Å²) >= 11 is 0. The van der Waals surface area contributed by atoms with E-state index in [4.69, 9.17) is 5.11 Å². The zero-order valence-electron chi connectivity index (χ0n) is 10.1. The molecule has 2 N–H and O–H groups in total. The lowest BCUT2D eigenvalue weighted by atomic mass is 10.1. The number of hydrogen-bond acceptors (Lipinski definition) is 6. The number of rotatable bonds is 4. The van der Waals surface area contributed by atoms with Gasteiger partial charge in [-0.1, -0.05) is 0 Å². The van der Waals surface area contributed by atoms with Crippen LogP contribution in [0, 0.1) is 20.2 Å². The fraction of sp³-hybridized carbons (Fsp3) is 0.111. The van der Waals surface area contributed by atoms with Gasteiger partial charge in [0.15, 0.2) is 5.69 Å². The number of nitro groups is 2. The van der Waals surface area contributed by atoms with Crippen molar-refractivity contribution in [2.24, 2.45) is 0 Å². The molecule has 0 saturated heterocycles. The van der Waals surface area contributed by atoms with Crippen molar-refractivity contribution in [3.8, 4) is 0 Å². The number of carboxylic acid groups (broad SMARTS) is 1. The highest BCUT2D eigenvalue weighted by molar-refractivity contribution is 6.01. The largest absolute Gasteiger partial charge is 0.478 e. The molecule has 0 fully saturated rings. The molecule has 0 spiro atoms. The molecule has 1 aromatic rings. The number of anilines is 1. The van der Waals surface area contributed by atoms with Crippen molar-refractivity contribution in [2.75, 3.05) is 5.32 Å². The fourth-order valence-electron chi connectivity index (χ4n) is 1.34. The third-order valence-corrected chi connectivity index (χ3v) is 2.23. The van der Waals surface area contributed by atoms with Crippen molar-refractivity contribution in [2.45, 2.75) is 6.18 Å². The average molecular weight is 323 g/mol. The molecule has 0 bridgehead atoms. The summed E-state index contributed by atoms with van der Waals surface area (Å²) in [7, 11) is 0. The molecule has 0 aliphatic heterocycles. The van der Waals surface area contributed by atoms with Crippen molar-refractivity contribution in [3.63, 3.8) is 0 Å². The van der Waals surface area contributed by atoms with Crippen molar-refractivity contribution < 1.29 is 37.7 Å². The summed E-state index contributed by atoms with van der Waals surface area (Å²) in [4.78, 5) is 40.3. The average Bonchev–Trinajstić information content (AvgIpc) is 2.36. The first-order chi connectivity index (χ1) is 9.95. The number of carbonyl (C=O) groups is 2. The summed E-state index contributed by atoms with van der Waals surface area (Å²) in [6.07, 6.45) is -5.45. The highest BCUT2D eigenvalue weighted by atomic mass is 19.4. The Balaban J connectivity index is 3.59. The molecule has 10 nitrogen and oxygen atoms in total. The Hall–Kier alpha value is -3.25. The normalized spacial score (nSPS) is 10.9. The molecule has 0 atom stereocenters. The van der Waals surface area contributed by atoms with Crippen molar-refractivity contribution in [1.82, 2.24) is 0 Å². The number of carboxylic acids is 1. The van der Waals surface area contributed by atoms with Crippen LogP contribution >= 0.6 is 0 Å². The van der Waals surface area contributed by atoms with Crippen molar-refractivity contribution in [3.05, 3.63) is 37.9 Å². The third-order valence-electron chi connectivity index (χ3n) is 2.23. The molecule has 0 radical (unpaired) electrons. The molecule has 0 aromatic heterocycles. The second-order valence-electron chi connectivity index (χ2n) is 3.66. The predicted molar refractivity (Wildman–Crippen MR) is 61.4 cm³/mol. The minimum Gasteiger partial charge on any atom is -0.478 e. The van der Waals surface area contributed by atoms with Crippen LogP contribution in [-0.2, 0) is 4.79 Å². The summed E-state index contributed by atoms with van der Waals surface area (Å²) in [5.74, 6) is -4.46. The van der Waals surface area contributed by atoms with E-state index < -0.39 is 50.5 Å². The number of carbonyl (C=O) groups excluding carboxylic acids is 1. The number of benzene rings is 1. The lowest BCUT2D eigenvalue weighted by Crippen LogP contribution is -2.30. The molecule has 1 aromatic carbocycles. The number of halogens is 3. The van der Waals surface area contributed by atoms with E-state index in [-0.39, 0.29) is 0 Å². The SMILES string of the molecule is O=C(O)c1cc([N+](=O)[O-])c(NC(=O)C(F)(F)F)c([N+](=O)[O-])c1. The van der Waals surface area contributed by atoms with Crippen LogP contribution in [0.3, 0.4) is 0 Å². The lowest BCUT2D eigenvalue weighted by molar-refractivity contribution is -0.392. The Labute approximate surface area is 117 Å². The molecule has 0 unspecified atom stereocenters. The quantitative estimate of drug-likeness (QED) is 0.631. The number of nitrogens with one attached hydrogen (secondary N) is 1. The topological polar surface area (TPSA) is 153 Å². The van der Waals surface area contributed by atoms with E-state index in [9.17, 15) is 43.0 Å². The molecule has 0 heterocycles. The highest BCUT2D eigenvalue weighted by Gasteiger charge is 2.41. The predicted octanol–water partition coefficient (Wildman–Crippen LogP) is 1.70. The van der Waals surface area contributed by atoms with Crippen molar-refractivity contribution >= 4 is 28.9 Å². The van der Waals surface area contributed by atoms with E-state index in [2.05, 4.69) is 0 Å². The minimum atomic E-state index is -5.45. The third kappa shape index (κ3) is 3.44. The van der Waals surface area contributed by atoms with Gasteiger partial charge in [0, 0.05) is 12.1 Å². The lowest BCUT2D eigenvalue weighted by Gasteiger charge is -2.09. The van der Waals surface area contributed by atoms with E-state index in [0.717, 1.165) is 5.32 Å². The molecule has 0 aliphatic carbocycles.